The molecular weight excluding hydrogens is 328 g/mol. The van der Waals surface area contributed by atoms with Crippen molar-refractivity contribution >= 4 is 11.8 Å². The van der Waals surface area contributed by atoms with Gasteiger partial charge >= 0.3 is 0 Å². The van der Waals surface area contributed by atoms with Gasteiger partial charge in [0.1, 0.15) is 5.75 Å². The minimum absolute atomic E-state index is 0.193. The minimum Gasteiger partial charge on any atom is -0.493 e. The fourth-order valence-electron chi connectivity index (χ4n) is 2.09. The van der Waals surface area contributed by atoms with Crippen LogP contribution in [0.2, 0.25) is 0 Å². The second kappa shape index (κ2) is 7.43. The van der Waals surface area contributed by atoms with E-state index in [0.717, 1.165) is 16.5 Å². The Morgan fingerprint density at radius 1 is 1.29 bits per heavy atom. The quantitative estimate of drug-likeness (QED) is 0.603. The van der Waals surface area contributed by atoms with Crippen LogP contribution in [0.5, 0.6) is 5.75 Å². The van der Waals surface area contributed by atoms with E-state index in [1.807, 2.05) is 45.0 Å². The molecule has 0 saturated heterocycles. The lowest BCUT2D eigenvalue weighted by molar-refractivity contribution is 0.341. The summed E-state index contributed by atoms with van der Waals surface area (Å²) in [4.78, 5) is 4.44. The van der Waals surface area contributed by atoms with Crippen LogP contribution in [0.1, 0.15) is 32.7 Å². The number of thioether (sulfide) groups is 1. The molecule has 0 spiro atoms. The molecule has 0 fully saturated rings. The maximum absolute atomic E-state index is 5.60. The van der Waals surface area contributed by atoms with Crippen LogP contribution in [0, 0.1) is 0 Å². The fraction of sp³-hybridized carbons (Fsp3) is 0.400. The first-order chi connectivity index (χ1) is 11.7. The Hall–Kier alpha value is -2.42. The maximum Gasteiger partial charge on any atom is 0.237 e. The lowest BCUT2D eigenvalue weighted by atomic mass is 10.2. The van der Waals surface area contributed by atoms with Crippen molar-refractivity contribution in [3.8, 4) is 17.1 Å². The van der Waals surface area contributed by atoms with Crippen LogP contribution in [0.15, 0.2) is 33.9 Å². The van der Waals surface area contributed by atoms with Gasteiger partial charge in [0.25, 0.3) is 0 Å². The number of para-hydroxylation sites is 1. The van der Waals surface area contributed by atoms with E-state index in [0.29, 0.717) is 24.1 Å². The number of hydrogen-bond donors (Lipinski definition) is 0. The van der Waals surface area contributed by atoms with Gasteiger partial charge in [-0.25, -0.2) is 4.68 Å². The molecule has 9 heteroatoms. The summed E-state index contributed by atoms with van der Waals surface area (Å²) in [5, 5.41) is 16.4. The van der Waals surface area contributed by atoms with Crippen molar-refractivity contribution in [3.05, 3.63) is 30.2 Å². The highest BCUT2D eigenvalue weighted by Gasteiger charge is 2.15. The monoisotopic (exact) mass is 346 g/mol. The van der Waals surface area contributed by atoms with Crippen LogP contribution in [-0.4, -0.2) is 37.0 Å². The van der Waals surface area contributed by atoms with Gasteiger partial charge in [0.15, 0.2) is 0 Å². The zero-order chi connectivity index (χ0) is 16.9. The molecule has 8 nitrogen and oxygen atoms in total. The predicted octanol–water partition coefficient (Wildman–Crippen LogP) is 3.00. The van der Waals surface area contributed by atoms with Gasteiger partial charge in [0.05, 0.1) is 24.0 Å². The lowest BCUT2D eigenvalue weighted by Crippen LogP contribution is -2.04. The van der Waals surface area contributed by atoms with Crippen LogP contribution >= 0.6 is 11.8 Å². The van der Waals surface area contributed by atoms with Crippen molar-refractivity contribution in [2.24, 2.45) is 0 Å². The summed E-state index contributed by atoms with van der Waals surface area (Å²) in [5.74, 6) is 2.26. The largest absolute Gasteiger partial charge is 0.493 e. The van der Waals surface area contributed by atoms with Gasteiger partial charge in [0, 0.05) is 0 Å². The third-order valence-electron chi connectivity index (χ3n) is 3.17. The fourth-order valence-corrected chi connectivity index (χ4v) is 2.93. The summed E-state index contributed by atoms with van der Waals surface area (Å²) in [7, 11) is 0. The first kappa shape index (κ1) is 16.4. The van der Waals surface area contributed by atoms with E-state index in [2.05, 4.69) is 25.7 Å². The van der Waals surface area contributed by atoms with Gasteiger partial charge < -0.3 is 9.26 Å². The van der Waals surface area contributed by atoms with Crippen LogP contribution in [0.3, 0.4) is 0 Å². The Morgan fingerprint density at radius 3 is 2.92 bits per heavy atom. The molecule has 0 aliphatic rings. The minimum atomic E-state index is 0.193. The predicted molar refractivity (Wildman–Crippen MR) is 88.7 cm³/mol. The molecule has 0 aliphatic carbocycles. The SMILES string of the molecule is CCOc1ccccc1-c1noc(CSc2nnnn2C(C)C)n1. The van der Waals surface area contributed by atoms with Crippen molar-refractivity contribution in [2.75, 3.05) is 6.61 Å². The smallest absolute Gasteiger partial charge is 0.237 e. The Balaban J connectivity index is 1.73. The molecule has 1 aromatic carbocycles. The number of benzene rings is 1. The van der Waals surface area contributed by atoms with Crippen LogP contribution < -0.4 is 4.74 Å². The molecule has 3 aromatic rings. The van der Waals surface area contributed by atoms with Crippen LogP contribution in [0.4, 0.5) is 0 Å². The van der Waals surface area contributed by atoms with Crippen molar-refractivity contribution in [2.45, 2.75) is 37.7 Å². The third-order valence-corrected chi connectivity index (χ3v) is 4.09. The summed E-state index contributed by atoms with van der Waals surface area (Å²) in [6.45, 7) is 6.56. The highest BCUT2D eigenvalue weighted by molar-refractivity contribution is 7.98. The zero-order valence-corrected chi connectivity index (χ0v) is 14.5. The number of rotatable bonds is 7. The topological polar surface area (TPSA) is 91.8 Å². The van der Waals surface area contributed by atoms with Crippen molar-refractivity contribution in [1.29, 1.82) is 0 Å². The molecule has 2 heterocycles. The molecule has 3 rings (SSSR count). The number of tetrazole rings is 1. The summed E-state index contributed by atoms with van der Waals surface area (Å²) in [6.07, 6.45) is 0. The second-order valence-electron chi connectivity index (χ2n) is 5.23. The van der Waals surface area contributed by atoms with Gasteiger partial charge in [-0.1, -0.05) is 29.1 Å². The van der Waals surface area contributed by atoms with E-state index in [1.54, 1.807) is 4.68 Å². The highest BCUT2D eigenvalue weighted by Crippen LogP contribution is 2.28. The molecule has 0 N–H and O–H groups in total. The first-order valence-corrected chi connectivity index (χ1v) is 8.63. The van der Waals surface area contributed by atoms with E-state index >= 15 is 0 Å². The normalized spacial score (nSPS) is 11.2. The van der Waals surface area contributed by atoms with Gasteiger partial charge in [0.2, 0.25) is 16.9 Å². The standard InChI is InChI=1S/C15H18N6O2S/c1-4-22-12-8-6-5-7-11(12)14-16-13(23-18-14)9-24-15-17-19-20-21(15)10(2)3/h5-8,10H,4,9H2,1-3H3. The van der Waals surface area contributed by atoms with Gasteiger partial charge in [-0.2, -0.15) is 4.98 Å². The summed E-state index contributed by atoms with van der Waals surface area (Å²) in [5.41, 5.74) is 0.811. The summed E-state index contributed by atoms with van der Waals surface area (Å²) < 4.78 is 12.7. The van der Waals surface area contributed by atoms with Gasteiger partial charge in [-0.05, 0) is 43.3 Å². The average Bonchev–Trinajstić information content (AvgIpc) is 3.23. The summed E-state index contributed by atoms with van der Waals surface area (Å²) >= 11 is 1.46. The molecule has 126 valence electrons. The van der Waals surface area contributed by atoms with Crippen LogP contribution in [0.25, 0.3) is 11.4 Å². The van der Waals surface area contributed by atoms with E-state index in [4.69, 9.17) is 9.26 Å². The molecule has 0 aliphatic heterocycles. The van der Waals surface area contributed by atoms with E-state index < -0.39 is 0 Å². The highest BCUT2D eigenvalue weighted by atomic mass is 32.2. The Morgan fingerprint density at radius 2 is 2.12 bits per heavy atom. The van der Waals surface area contributed by atoms with E-state index in [-0.39, 0.29) is 6.04 Å². The molecule has 0 amide bonds. The number of hydrogen-bond acceptors (Lipinski definition) is 8. The van der Waals surface area contributed by atoms with Crippen molar-refractivity contribution in [1.82, 2.24) is 30.3 Å². The molecule has 0 unspecified atom stereocenters. The molecule has 0 radical (unpaired) electrons. The Labute approximate surface area is 143 Å². The third kappa shape index (κ3) is 3.56. The van der Waals surface area contributed by atoms with Gasteiger partial charge in [-0.15, -0.1) is 5.10 Å². The van der Waals surface area contributed by atoms with Gasteiger partial charge in [-0.3, -0.25) is 0 Å². The summed E-state index contributed by atoms with van der Waals surface area (Å²) in [6, 6.07) is 7.82. The van der Waals surface area contributed by atoms with E-state index in [9.17, 15) is 0 Å². The molecular formula is C15H18N6O2S. The maximum atomic E-state index is 5.60. The lowest BCUT2D eigenvalue weighted by Gasteiger charge is -2.06. The number of nitrogens with zero attached hydrogens (tertiary/aromatic N) is 6. The molecule has 24 heavy (non-hydrogen) atoms. The van der Waals surface area contributed by atoms with E-state index in [1.165, 1.54) is 11.8 Å². The average molecular weight is 346 g/mol. The Kier molecular flexibility index (Phi) is 5.09. The molecule has 0 bridgehead atoms. The molecule has 2 aromatic heterocycles. The number of aromatic nitrogens is 6. The van der Waals surface area contributed by atoms with Crippen molar-refractivity contribution < 1.29 is 9.26 Å². The molecule has 0 atom stereocenters. The second-order valence-corrected chi connectivity index (χ2v) is 6.17. The Bertz CT molecular complexity index is 801. The zero-order valence-electron chi connectivity index (χ0n) is 13.7. The first-order valence-electron chi connectivity index (χ1n) is 7.64. The van der Waals surface area contributed by atoms with Crippen molar-refractivity contribution in [3.63, 3.8) is 0 Å². The van der Waals surface area contributed by atoms with Crippen LogP contribution in [-0.2, 0) is 5.75 Å². The molecule has 0 saturated carbocycles. The number of ether oxygens (including phenoxy) is 1.